The third-order valence-corrected chi connectivity index (χ3v) is 3.92. The van der Waals surface area contributed by atoms with Crippen LogP contribution in [0.5, 0.6) is 0 Å². The van der Waals surface area contributed by atoms with Crippen LogP contribution in [0.25, 0.3) is 0 Å². The van der Waals surface area contributed by atoms with E-state index < -0.39 is 0 Å². The Morgan fingerprint density at radius 3 is 2.71 bits per heavy atom. The predicted molar refractivity (Wildman–Crippen MR) is 84.4 cm³/mol. The first-order valence-electron chi connectivity index (χ1n) is 7.03. The van der Waals surface area contributed by atoms with Crippen LogP contribution < -0.4 is 5.73 Å². The van der Waals surface area contributed by atoms with Crippen molar-refractivity contribution in [2.24, 2.45) is 5.73 Å². The first-order chi connectivity index (χ1) is 9.95. The second-order valence-corrected chi connectivity index (χ2v) is 5.79. The second kappa shape index (κ2) is 6.95. The van der Waals surface area contributed by atoms with Gasteiger partial charge in [0.2, 0.25) is 5.91 Å². The summed E-state index contributed by atoms with van der Waals surface area (Å²) in [6, 6.07) is 4.69. The zero-order valence-electron chi connectivity index (χ0n) is 12.1. The van der Waals surface area contributed by atoms with Crippen molar-refractivity contribution in [3.8, 4) is 0 Å². The van der Waals surface area contributed by atoms with Gasteiger partial charge < -0.3 is 10.6 Å². The van der Waals surface area contributed by atoms with Crippen molar-refractivity contribution in [3.63, 3.8) is 0 Å². The molecule has 2 rings (SSSR count). The third kappa shape index (κ3) is 4.47. The van der Waals surface area contributed by atoms with E-state index in [1.54, 1.807) is 6.92 Å². The molecule has 0 bridgehead atoms. The Morgan fingerprint density at radius 1 is 1.29 bits per heavy atom. The number of thiocarbonyl (C=S) groups is 1. The number of nitrogens with zero attached hydrogens (tertiary/aromatic N) is 2. The average Bonchev–Trinajstić information content (AvgIpc) is 2.63. The zero-order valence-corrected chi connectivity index (χ0v) is 13.0. The van der Waals surface area contributed by atoms with Crippen LogP contribution in [-0.4, -0.2) is 46.9 Å². The summed E-state index contributed by atoms with van der Waals surface area (Å²) in [4.78, 5) is 15.7. The molecule has 0 atom stereocenters. The molecule has 0 radical (unpaired) electrons. The lowest BCUT2D eigenvalue weighted by molar-refractivity contribution is -0.128. The molecule has 0 spiro atoms. The number of rotatable bonds is 3. The smallest absolute Gasteiger partial charge is 0.219 e. The van der Waals surface area contributed by atoms with E-state index in [-0.39, 0.29) is 16.7 Å². The molecular formula is C15H20FN3OS. The van der Waals surface area contributed by atoms with E-state index in [9.17, 15) is 9.18 Å². The molecule has 0 unspecified atom stereocenters. The van der Waals surface area contributed by atoms with Gasteiger partial charge in [0.25, 0.3) is 0 Å². The fourth-order valence-electron chi connectivity index (χ4n) is 2.59. The molecule has 4 nitrogen and oxygen atoms in total. The van der Waals surface area contributed by atoms with Crippen LogP contribution in [0.15, 0.2) is 18.2 Å². The van der Waals surface area contributed by atoms with Gasteiger partial charge in [-0.3, -0.25) is 9.69 Å². The van der Waals surface area contributed by atoms with Gasteiger partial charge in [0.05, 0.1) is 0 Å². The first-order valence-corrected chi connectivity index (χ1v) is 7.43. The average molecular weight is 309 g/mol. The monoisotopic (exact) mass is 309 g/mol. The molecule has 1 heterocycles. The number of benzene rings is 1. The molecule has 1 aromatic carbocycles. The van der Waals surface area contributed by atoms with E-state index in [4.69, 9.17) is 18.0 Å². The summed E-state index contributed by atoms with van der Waals surface area (Å²) >= 11 is 4.90. The van der Waals surface area contributed by atoms with Crippen molar-refractivity contribution in [2.75, 3.05) is 26.2 Å². The highest BCUT2D eigenvalue weighted by Gasteiger charge is 2.17. The van der Waals surface area contributed by atoms with Crippen LogP contribution >= 0.6 is 12.2 Å². The highest BCUT2D eigenvalue weighted by molar-refractivity contribution is 7.80. The van der Waals surface area contributed by atoms with Gasteiger partial charge >= 0.3 is 0 Å². The number of carbonyl (C=O) groups is 1. The number of halogens is 1. The van der Waals surface area contributed by atoms with Crippen LogP contribution in [-0.2, 0) is 11.3 Å². The molecule has 1 aromatic rings. The van der Waals surface area contributed by atoms with Gasteiger partial charge in [-0.1, -0.05) is 12.2 Å². The molecule has 0 aliphatic carbocycles. The molecule has 1 fully saturated rings. The highest BCUT2D eigenvalue weighted by atomic mass is 32.1. The van der Waals surface area contributed by atoms with E-state index in [0.29, 0.717) is 18.7 Å². The SMILES string of the molecule is CC(=O)N1CCCN(Cc2cc(F)cc(C(N)=S)c2)CC1. The van der Waals surface area contributed by atoms with Crippen molar-refractivity contribution >= 4 is 23.1 Å². The Kier molecular flexibility index (Phi) is 5.25. The van der Waals surface area contributed by atoms with Crippen LogP contribution in [0, 0.1) is 5.82 Å². The van der Waals surface area contributed by atoms with E-state index in [1.807, 2.05) is 11.0 Å². The van der Waals surface area contributed by atoms with Crippen molar-refractivity contribution in [1.29, 1.82) is 0 Å². The van der Waals surface area contributed by atoms with Crippen LogP contribution in [0.4, 0.5) is 4.39 Å². The largest absolute Gasteiger partial charge is 0.389 e. The summed E-state index contributed by atoms with van der Waals surface area (Å²) in [6.07, 6.45) is 0.928. The fourth-order valence-corrected chi connectivity index (χ4v) is 2.70. The maximum absolute atomic E-state index is 13.6. The Balaban J connectivity index is 2.04. The molecule has 1 amide bonds. The zero-order chi connectivity index (χ0) is 15.4. The van der Waals surface area contributed by atoms with Gasteiger partial charge in [-0.25, -0.2) is 4.39 Å². The second-order valence-electron chi connectivity index (χ2n) is 5.35. The number of hydrogen-bond acceptors (Lipinski definition) is 3. The van der Waals surface area contributed by atoms with Gasteiger partial charge in [0.15, 0.2) is 0 Å². The van der Waals surface area contributed by atoms with Crippen LogP contribution in [0.2, 0.25) is 0 Å². The Labute approximate surface area is 129 Å². The maximum atomic E-state index is 13.6. The number of nitrogens with two attached hydrogens (primary N) is 1. The normalized spacial score (nSPS) is 16.6. The van der Waals surface area contributed by atoms with Crippen LogP contribution in [0.1, 0.15) is 24.5 Å². The number of amides is 1. The third-order valence-electron chi connectivity index (χ3n) is 3.68. The Morgan fingerprint density at radius 2 is 2.05 bits per heavy atom. The minimum atomic E-state index is -0.324. The summed E-state index contributed by atoms with van der Waals surface area (Å²) in [5, 5.41) is 0. The minimum absolute atomic E-state index is 0.110. The van der Waals surface area contributed by atoms with Crippen molar-refractivity contribution in [3.05, 3.63) is 35.1 Å². The quantitative estimate of drug-likeness (QED) is 0.860. The lowest BCUT2D eigenvalue weighted by Crippen LogP contribution is -2.33. The molecule has 1 saturated heterocycles. The molecule has 21 heavy (non-hydrogen) atoms. The topological polar surface area (TPSA) is 49.6 Å². The minimum Gasteiger partial charge on any atom is -0.389 e. The summed E-state index contributed by atoms with van der Waals surface area (Å²) in [6.45, 7) is 5.41. The standard InChI is InChI=1S/C15H20FN3OS/c1-11(20)19-4-2-3-18(5-6-19)10-12-7-13(15(17)21)9-14(16)8-12/h7-9H,2-6,10H2,1H3,(H2,17,21). The molecule has 0 saturated carbocycles. The van der Waals surface area contributed by atoms with Gasteiger partial charge in [0.1, 0.15) is 10.8 Å². The predicted octanol–water partition coefficient (Wildman–Crippen LogP) is 1.51. The Bertz CT molecular complexity index is 550. The van der Waals surface area contributed by atoms with E-state index in [2.05, 4.69) is 4.90 Å². The number of hydrogen-bond donors (Lipinski definition) is 1. The molecule has 6 heteroatoms. The van der Waals surface area contributed by atoms with Gasteiger partial charge in [-0.05, 0) is 30.2 Å². The van der Waals surface area contributed by atoms with Crippen molar-refractivity contribution in [2.45, 2.75) is 19.9 Å². The molecular weight excluding hydrogens is 289 g/mol. The summed E-state index contributed by atoms with van der Waals surface area (Å²) in [5.74, 6) is -0.214. The molecule has 114 valence electrons. The highest BCUT2D eigenvalue weighted by Crippen LogP contribution is 2.13. The molecule has 2 N–H and O–H groups in total. The summed E-state index contributed by atoms with van der Waals surface area (Å²) in [5.41, 5.74) is 6.98. The lowest BCUT2D eigenvalue weighted by Gasteiger charge is -2.21. The van der Waals surface area contributed by atoms with Gasteiger partial charge in [-0.2, -0.15) is 0 Å². The Hall–Kier alpha value is -1.53. The van der Waals surface area contributed by atoms with Crippen molar-refractivity contribution < 1.29 is 9.18 Å². The van der Waals surface area contributed by atoms with E-state index >= 15 is 0 Å². The molecule has 1 aliphatic heterocycles. The van der Waals surface area contributed by atoms with Gasteiger partial charge in [0, 0.05) is 45.2 Å². The lowest BCUT2D eigenvalue weighted by atomic mass is 10.1. The molecule has 0 aromatic heterocycles. The number of carbonyl (C=O) groups excluding carboxylic acids is 1. The maximum Gasteiger partial charge on any atom is 0.219 e. The fraction of sp³-hybridized carbons (Fsp3) is 0.467. The van der Waals surface area contributed by atoms with E-state index in [0.717, 1.165) is 31.6 Å². The summed E-state index contributed by atoms with van der Waals surface area (Å²) < 4.78 is 13.6. The van der Waals surface area contributed by atoms with Crippen LogP contribution in [0.3, 0.4) is 0 Å². The van der Waals surface area contributed by atoms with Crippen molar-refractivity contribution in [1.82, 2.24) is 9.80 Å². The summed E-state index contributed by atoms with van der Waals surface area (Å²) in [7, 11) is 0. The first kappa shape index (κ1) is 15.9. The van der Waals surface area contributed by atoms with Gasteiger partial charge in [-0.15, -0.1) is 0 Å². The van der Waals surface area contributed by atoms with E-state index in [1.165, 1.54) is 12.1 Å². The molecule has 1 aliphatic rings.